The van der Waals surface area contributed by atoms with Crippen molar-refractivity contribution in [3.05, 3.63) is 54.5 Å². The van der Waals surface area contributed by atoms with Crippen molar-refractivity contribution in [2.45, 2.75) is 13.1 Å². The molecule has 0 spiro atoms. The van der Waals surface area contributed by atoms with Crippen molar-refractivity contribution >= 4 is 64.7 Å². The van der Waals surface area contributed by atoms with Crippen molar-refractivity contribution in [3.8, 4) is 5.75 Å². The Bertz CT molecular complexity index is 1780. The van der Waals surface area contributed by atoms with Crippen molar-refractivity contribution in [1.29, 1.82) is 0 Å². The fraction of sp³-hybridized carbons (Fsp3) is 0.259. The van der Waals surface area contributed by atoms with Gasteiger partial charge in [0.1, 0.15) is 11.2 Å². The fourth-order valence-corrected chi connectivity index (χ4v) is 5.30. The summed E-state index contributed by atoms with van der Waals surface area (Å²) in [4.78, 5) is 21.5. The SMILES string of the molecule is Cc1cc(Nc2nc(Nc3ccc4nccnc4c3P=O)c3cc[nH]c3[nH+]2)c(OCC(F)(F)F)cc1N1CCOCC1. The summed E-state index contributed by atoms with van der Waals surface area (Å²) < 4.78 is 62.3. The molecule has 2 aromatic carbocycles. The van der Waals surface area contributed by atoms with Gasteiger partial charge in [-0.2, -0.15) is 13.2 Å². The quantitative estimate of drug-likeness (QED) is 0.216. The van der Waals surface area contributed by atoms with Crippen LogP contribution in [0.3, 0.4) is 0 Å². The predicted molar refractivity (Wildman–Crippen MR) is 152 cm³/mol. The van der Waals surface area contributed by atoms with Gasteiger partial charge in [-0.3, -0.25) is 24.8 Å². The minimum Gasteiger partial charge on any atom is -0.481 e. The van der Waals surface area contributed by atoms with E-state index in [1.54, 1.807) is 42.7 Å². The summed E-state index contributed by atoms with van der Waals surface area (Å²) in [6.07, 6.45) is 0.274. The lowest BCUT2D eigenvalue weighted by Crippen LogP contribution is -2.36. The van der Waals surface area contributed by atoms with Crippen LogP contribution in [-0.4, -0.2) is 59.0 Å². The van der Waals surface area contributed by atoms with E-state index in [0.29, 0.717) is 70.9 Å². The molecule has 1 fully saturated rings. The number of nitrogens with zero attached hydrogens (tertiary/aromatic N) is 4. The zero-order valence-corrected chi connectivity index (χ0v) is 23.1. The number of H-pyrrole nitrogens is 2. The number of fused-ring (bicyclic) bond motifs is 2. The highest BCUT2D eigenvalue weighted by Crippen LogP contribution is 2.36. The summed E-state index contributed by atoms with van der Waals surface area (Å²) in [6, 6.07) is 8.63. The first-order chi connectivity index (χ1) is 20.3. The van der Waals surface area contributed by atoms with Crippen LogP contribution in [0.5, 0.6) is 5.75 Å². The largest absolute Gasteiger partial charge is 0.481 e. The molecule has 0 saturated carbocycles. The number of halogens is 3. The maximum Gasteiger partial charge on any atom is 0.422 e. The van der Waals surface area contributed by atoms with E-state index in [1.165, 1.54) is 6.20 Å². The smallest absolute Gasteiger partial charge is 0.422 e. The van der Waals surface area contributed by atoms with E-state index < -0.39 is 12.8 Å². The zero-order chi connectivity index (χ0) is 29.3. The second-order valence-corrected chi connectivity index (χ2v) is 10.2. The Kier molecular flexibility index (Phi) is 7.48. The van der Waals surface area contributed by atoms with Crippen LogP contribution in [0.1, 0.15) is 5.56 Å². The zero-order valence-electron chi connectivity index (χ0n) is 22.2. The predicted octanol–water partition coefficient (Wildman–Crippen LogP) is 4.81. The van der Waals surface area contributed by atoms with E-state index >= 15 is 0 Å². The van der Waals surface area contributed by atoms with Crippen LogP contribution in [0.4, 0.5) is 42.0 Å². The number of aryl methyl sites for hydroxylation is 1. The van der Waals surface area contributed by atoms with E-state index in [2.05, 4.69) is 40.5 Å². The third-order valence-electron chi connectivity index (χ3n) is 6.72. The molecule has 0 radical (unpaired) electrons. The van der Waals surface area contributed by atoms with Crippen LogP contribution < -0.4 is 30.6 Å². The van der Waals surface area contributed by atoms with Gasteiger partial charge in [0, 0.05) is 43.4 Å². The van der Waals surface area contributed by atoms with Crippen LogP contribution in [0.25, 0.3) is 22.1 Å². The van der Waals surface area contributed by atoms with Gasteiger partial charge < -0.3 is 19.7 Å². The van der Waals surface area contributed by atoms with Crippen molar-refractivity contribution in [2.24, 2.45) is 0 Å². The van der Waals surface area contributed by atoms with Gasteiger partial charge in [0.25, 0.3) is 0 Å². The number of nitrogens with one attached hydrogen (secondary N) is 4. The number of alkyl halides is 3. The maximum absolute atomic E-state index is 13.2. The van der Waals surface area contributed by atoms with Gasteiger partial charge in [-0.15, -0.1) is 0 Å². The Balaban J connectivity index is 1.38. The van der Waals surface area contributed by atoms with Gasteiger partial charge in [0.15, 0.2) is 20.8 Å². The van der Waals surface area contributed by atoms with Gasteiger partial charge in [0.2, 0.25) is 11.5 Å². The molecule has 0 aliphatic carbocycles. The van der Waals surface area contributed by atoms with Crippen molar-refractivity contribution in [2.75, 3.05) is 48.4 Å². The molecular weight excluding hydrogens is 572 g/mol. The van der Waals surface area contributed by atoms with Crippen LogP contribution in [0.15, 0.2) is 48.9 Å². The van der Waals surface area contributed by atoms with Gasteiger partial charge >= 0.3 is 12.1 Å². The van der Waals surface area contributed by atoms with Gasteiger partial charge in [-0.05, 0) is 36.8 Å². The normalized spacial score (nSPS) is 14.0. The average Bonchev–Trinajstić information content (AvgIpc) is 3.46. The summed E-state index contributed by atoms with van der Waals surface area (Å²) >= 11 is 0. The van der Waals surface area contributed by atoms with E-state index in [4.69, 9.17) is 9.47 Å². The fourth-order valence-electron chi connectivity index (χ4n) is 4.81. The number of hydrogen-bond donors (Lipinski definition) is 3. The molecule has 0 unspecified atom stereocenters. The second-order valence-electron chi connectivity index (χ2n) is 9.57. The number of anilines is 5. The summed E-state index contributed by atoms with van der Waals surface area (Å²) in [5.74, 6) is 0.654. The molecular formula is C27H25F3N8O3P+. The van der Waals surface area contributed by atoms with E-state index in [-0.39, 0.29) is 20.2 Å². The number of hydrogen-bond acceptors (Lipinski definition) is 9. The number of ether oxygens (including phenoxy) is 2. The number of aromatic amines is 2. The van der Waals surface area contributed by atoms with Crippen LogP contribution in [0, 0.1) is 6.92 Å². The summed E-state index contributed by atoms with van der Waals surface area (Å²) in [7, 11) is -0.260. The second kappa shape index (κ2) is 11.4. The van der Waals surface area contributed by atoms with Crippen molar-refractivity contribution in [3.63, 3.8) is 0 Å². The highest BCUT2D eigenvalue weighted by atomic mass is 31.1. The molecule has 5 aromatic rings. The minimum absolute atomic E-state index is 0.0243. The molecule has 6 rings (SSSR count). The molecule has 1 saturated heterocycles. The number of benzene rings is 2. The standard InChI is InChI=1S/C27H24F3N8O3P/c1-15-12-19(21(41-14-27(28,29)30)13-20(15)38-8-10-40-11-9-38)35-26-36-24-16(4-5-33-24)25(37-26)34-18-3-2-17-22(23(18)42-39)32-7-6-31-17/h2-7,12-13H,8-11,14H2,1H3,(H3,33,34,35,36,37)/p+1. The highest BCUT2D eigenvalue weighted by Gasteiger charge is 2.30. The molecule has 216 valence electrons. The van der Waals surface area contributed by atoms with Crippen molar-refractivity contribution < 1.29 is 32.2 Å². The lowest BCUT2D eigenvalue weighted by molar-refractivity contribution is -0.333. The first-order valence-electron chi connectivity index (χ1n) is 13.0. The molecule has 4 N–H and O–H groups in total. The molecule has 0 atom stereocenters. The minimum atomic E-state index is -4.52. The average molecular weight is 598 g/mol. The summed E-state index contributed by atoms with van der Waals surface area (Å²) in [5, 5.41) is 7.43. The lowest BCUT2D eigenvalue weighted by Gasteiger charge is -2.30. The Morgan fingerprint density at radius 2 is 1.93 bits per heavy atom. The van der Waals surface area contributed by atoms with Gasteiger partial charge in [0.05, 0.1) is 35.1 Å². The molecule has 15 heteroatoms. The molecule has 1 aliphatic heterocycles. The van der Waals surface area contributed by atoms with Crippen LogP contribution in [0.2, 0.25) is 0 Å². The summed E-state index contributed by atoms with van der Waals surface area (Å²) in [5.41, 5.74) is 4.08. The van der Waals surface area contributed by atoms with Crippen LogP contribution >= 0.6 is 8.46 Å². The molecule has 3 aromatic heterocycles. The Morgan fingerprint density at radius 3 is 2.71 bits per heavy atom. The first-order valence-corrected chi connectivity index (χ1v) is 13.8. The third kappa shape index (κ3) is 5.76. The monoisotopic (exact) mass is 597 g/mol. The molecule has 42 heavy (non-hydrogen) atoms. The number of rotatable bonds is 8. The first kappa shape index (κ1) is 27.6. The molecule has 4 heterocycles. The van der Waals surface area contributed by atoms with Crippen molar-refractivity contribution in [1.82, 2.24) is 19.9 Å². The Hall–Kier alpha value is -4.55. The summed E-state index contributed by atoms with van der Waals surface area (Å²) in [6.45, 7) is 2.72. The van der Waals surface area contributed by atoms with Gasteiger partial charge in [-0.25, -0.2) is 4.98 Å². The maximum atomic E-state index is 13.2. The third-order valence-corrected chi connectivity index (χ3v) is 7.36. The molecule has 0 amide bonds. The van der Waals surface area contributed by atoms with E-state index in [0.717, 1.165) is 11.3 Å². The Morgan fingerprint density at radius 1 is 1.12 bits per heavy atom. The topological polar surface area (TPSA) is 131 Å². The van der Waals surface area contributed by atoms with Gasteiger partial charge in [-0.1, -0.05) is 4.98 Å². The highest BCUT2D eigenvalue weighted by molar-refractivity contribution is 7.35. The Labute approximate surface area is 238 Å². The molecule has 11 nitrogen and oxygen atoms in total. The number of aromatic nitrogens is 5. The lowest BCUT2D eigenvalue weighted by atomic mass is 10.1. The molecule has 1 aliphatic rings. The molecule has 0 bridgehead atoms. The van der Waals surface area contributed by atoms with E-state index in [1.807, 2.05) is 6.92 Å². The number of morpholine rings is 1. The van der Waals surface area contributed by atoms with Crippen LogP contribution in [-0.2, 0) is 9.30 Å². The van der Waals surface area contributed by atoms with E-state index in [9.17, 15) is 17.7 Å².